The molecule has 0 aliphatic heterocycles. The molecule has 2 atom stereocenters. The Morgan fingerprint density at radius 1 is 1.14 bits per heavy atom. The van der Waals surface area contributed by atoms with E-state index in [-0.39, 0.29) is 0 Å². The Morgan fingerprint density at radius 3 is 2.67 bits per heavy atom. The van der Waals surface area contributed by atoms with Gasteiger partial charge < -0.3 is 10.2 Å². The number of benzene rings is 1. The highest BCUT2D eigenvalue weighted by Gasteiger charge is 2.27. The van der Waals surface area contributed by atoms with Gasteiger partial charge in [-0.25, -0.2) is 4.98 Å². The summed E-state index contributed by atoms with van der Waals surface area (Å²) in [7, 11) is 4.05. The van der Waals surface area contributed by atoms with Gasteiger partial charge in [0.1, 0.15) is 5.82 Å². The van der Waals surface area contributed by atoms with E-state index in [1.165, 1.54) is 25.7 Å². The summed E-state index contributed by atoms with van der Waals surface area (Å²) < 4.78 is 0. The molecule has 0 bridgehead atoms. The average Bonchev–Trinajstić information content (AvgIpc) is 2.53. The molecule has 0 radical (unpaired) electrons. The molecular weight excluding hydrogens is 260 g/mol. The van der Waals surface area contributed by atoms with Crippen molar-refractivity contribution in [1.29, 1.82) is 0 Å². The fourth-order valence-corrected chi connectivity index (χ4v) is 3.47. The van der Waals surface area contributed by atoms with E-state index in [1.807, 2.05) is 13.1 Å². The van der Waals surface area contributed by atoms with Crippen LogP contribution in [-0.2, 0) is 0 Å². The van der Waals surface area contributed by atoms with Crippen molar-refractivity contribution in [3.63, 3.8) is 0 Å². The Hall–Kier alpha value is -1.84. The molecule has 0 amide bonds. The van der Waals surface area contributed by atoms with Gasteiger partial charge in [-0.15, -0.1) is 0 Å². The second-order valence-corrected chi connectivity index (χ2v) is 6.08. The maximum Gasteiger partial charge on any atom is 0.224 e. The largest absolute Gasteiger partial charge is 0.357 e. The zero-order chi connectivity index (χ0) is 14.8. The number of fused-ring (bicyclic) bond motifs is 1. The summed E-state index contributed by atoms with van der Waals surface area (Å²) >= 11 is 0. The van der Waals surface area contributed by atoms with Crippen LogP contribution in [0.1, 0.15) is 32.6 Å². The molecule has 21 heavy (non-hydrogen) atoms. The Kier molecular flexibility index (Phi) is 3.95. The van der Waals surface area contributed by atoms with Gasteiger partial charge in [0, 0.05) is 25.5 Å². The van der Waals surface area contributed by atoms with Crippen molar-refractivity contribution in [3.05, 3.63) is 24.3 Å². The van der Waals surface area contributed by atoms with Gasteiger partial charge >= 0.3 is 0 Å². The van der Waals surface area contributed by atoms with Crippen molar-refractivity contribution in [2.24, 2.45) is 5.92 Å². The summed E-state index contributed by atoms with van der Waals surface area (Å²) in [6, 6.07) is 8.84. The molecule has 4 heteroatoms. The Balaban J connectivity index is 2.05. The smallest absolute Gasteiger partial charge is 0.224 e. The summed E-state index contributed by atoms with van der Waals surface area (Å²) in [6.07, 6.45) is 5.25. The fraction of sp³-hybridized carbons (Fsp3) is 0.529. The van der Waals surface area contributed by atoms with E-state index in [4.69, 9.17) is 4.98 Å². The summed E-state index contributed by atoms with van der Waals surface area (Å²) in [4.78, 5) is 11.7. The summed E-state index contributed by atoms with van der Waals surface area (Å²) in [5.41, 5.74) is 1.00. The van der Waals surface area contributed by atoms with Crippen LogP contribution in [0.3, 0.4) is 0 Å². The van der Waals surface area contributed by atoms with Crippen molar-refractivity contribution < 1.29 is 0 Å². The third-order valence-electron chi connectivity index (χ3n) is 4.70. The van der Waals surface area contributed by atoms with Crippen LogP contribution in [0.15, 0.2) is 24.3 Å². The molecule has 1 aliphatic rings. The maximum atomic E-state index is 4.73. The van der Waals surface area contributed by atoms with Crippen LogP contribution >= 0.6 is 0 Å². The molecule has 1 aliphatic carbocycles. The average molecular weight is 284 g/mol. The van der Waals surface area contributed by atoms with Gasteiger partial charge in [0.2, 0.25) is 5.95 Å². The zero-order valence-electron chi connectivity index (χ0n) is 13.1. The monoisotopic (exact) mass is 284 g/mol. The van der Waals surface area contributed by atoms with Gasteiger partial charge in [-0.2, -0.15) is 4.98 Å². The Bertz CT molecular complexity index is 625. The van der Waals surface area contributed by atoms with Crippen molar-refractivity contribution in [2.75, 3.05) is 24.3 Å². The minimum atomic E-state index is 0.571. The van der Waals surface area contributed by atoms with E-state index in [9.17, 15) is 0 Å². The quantitative estimate of drug-likeness (QED) is 0.933. The van der Waals surface area contributed by atoms with E-state index in [2.05, 4.69) is 47.4 Å². The van der Waals surface area contributed by atoms with Crippen LogP contribution in [-0.4, -0.2) is 30.1 Å². The van der Waals surface area contributed by atoms with Crippen LogP contribution in [0, 0.1) is 5.92 Å². The molecule has 1 heterocycles. The molecule has 0 saturated heterocycles. The van der Waals surface area contributed by atoms with Crippen LogP contribution < -0.4 is 10.2 Å². The molecule has 112 valence electrons. The molecule has 1 aromatic carbocycles. The fourth-order valence-electron chi connectivity index (χ4n) is 3.47. The lowest BCUT2D eigenvalue weighted by Gasteiger charge is -2.37. The minimum Gasteiger partial charge on any atom is -0.357 e. The van der Waals surface area contributed by atoms with Crippen LogP contribution in [0.4, 0.5) is 11.8 Å². The van der Waals surface area contributed by atoms with E-state index >= 15 is 0 Å². The molecule has 1 aromatic heterocycles. The molecule has 0 spiro atoms. The van der Waals surface area contributed by atoms with E-state index < -0.39 is 0 Å². The van der Waals surface area contributed by atoms with Gasteiger partial charge in [-0.1, -0.05) is 31.9 Å². The summed E-state index contributed by atoms with van der Waals surface area (Å²) in [5.74, 6) is 2.46. The first-order valence-electron chi connectivity index (χ1n) is 7.88. The van der Waals surface area contributed by atoms with Gasteiger partial charge in [-0.05, 0) is 30.9 Å². The summed E-state index contributed by atoms with van der Waals surface area (Å²) in [6.45, 7) is 2.36. The minimum absolute atomic E-state index is 0.571. The van der Waals surface area contributed by atoms with E-state index in [1.54, 1.807) is 0 Å². The molecule has 1 fully saturated rings. The van der Waals surface area contributed by atoms with Crippen molar-refractivity contribution in [2.45, 2.75) is 38.6 Å². The number of anilines is 2. The number of para-hydroxylation sites is 1. The molecule has 1 saturated carbocycles. The van der Waals surface area contributed by atoms with E-state index in [0.29, 0.717) is 12.0 Å². The molecule has 2 unspecified atom stereocenters. The highest BCUT2D eigenvalue weighted by atomic mass is 15.2. The van der Waals surface area contributed by atoms with Crippen LogP contribution in [0.2, 0.25) is 0 Å². The second kappa shape index (κ2) is 5.88. The lowest BCUT2D eigenvalue weighted by molar-refractivity contribution is 0.321. The van der Waals surface area contributed by atoms with Gasteiger partial charge in [0.05, 0.1) is 5.52 Å². The first kappa shape index (κ1) is 14.1. The van der Waals surface area contributed by atoms with Gasteiger partial charge in [0.25, 0.3) is 0 Å². The second-order valence-electron chi connectivity index (χ2n) is 6.08. The summed E-state index contributed by atoms with van der Waals surface area (Å²) in [5, 5.41) is 4.22. The number of hydrogen-bond donors (Lipinski definition) is 1. The molecule has 1 N–H and O–H groups in total. The Labute approximate surface area is 126 Å². The highest BCUT2D eigenvalue weighted by molar-refractivity contribution is 5.90. The van der Waals surface area contributed by atoms with Crippen LogP contribution in [0.5, 0.6) is 0 Å². The molecule has 2 aromatic rings. The number of hydrogen-bond acceptors (Lipinski definition) is 4. The Morgan fingerprint density at radius 2 is 1.90 bits per heavy atom. The number of aromatic nitrogens is 2. The number of nitrogens with one attached hydrogen (secondary N) is 1. The maximum absolute atomic E-state index is 4.73. The number of rotatable bonds is 3. The number of nitrogens with zero attached hydrogens (tertiary/aromatic N) is 3. The van der Waals surface area contributed by atoms with E-state index in [0.717, 1.165) is 22.6 Å². The van der Waals surface area contributed by atoms with Crippen LogP contribution in [0.25, 0.3) is 10.9 Å². The standard InChI is InChI=1S/C17H24N4/c1-12-8-4-7-11-15(12)21(3)16-13-9-5-6-10-14(13)19-17(18-2)20-16/h5-6,9-10,12,15H,4,7-8,11H2,1-3H3,(H,18,19,20). The first-order valence-corrected chi connectivity index (χ1v) is 7.88. The predicted molar refractivity (Wildman–Crippen MR) is 88.9 cm³/mol. The third-order valence-corrected chi connectivity index (χ3v) is 4.70. The third kappa shape index (κ3) is 2.67. The molecule has 3 rings (SSSR count). The SMILES string of the molecule is CNc1nc(N(C)C2CCCCC2C)c2ccccc2n1. The highest BCUT2D eigenvalue weighted by Crippen LogP contribution is 2.33. The first-order chi connectivity index (χ1) is 10.2. The van der Waals surface area contributed by atoms with Crippen molar-refractivity contribution in [3.8, 4) is 0 Å². The zero-order valence-corrected chi connectivity index (χ0v) is 13.1. The molecule has 4 nitrogen and oxygen atoms in total. The van der Waals surface area contributed by atoms with Gasteiger partial charge in [0.15, 0.2) is 0 Å². The van der Waals surface area contributed by atoms with Crippen molar-refractivity contribution in [1.82, 2.24) is 9.97 Å². The van der Waals surface area contributed by atoms with Gasteiger partial charge in [-0.3, -0.25) is 0 Å². The molecular formula is C17H24N4. The van der Waals surface area contributed by atoms with Crippen molar-refractivity contribution >= 4 is 22.7 Å². The predicted octanol–water partition coefficient (Wildman–Crippen LogP) is 3.69. The lowest BCUT2D eigenvalue weighted by atomic mass is 9.85. The topological polar surface area (TPSA) is 41.1 Å². The normalized spacial score (nSPS) is 22.2. The lowest BCUT2D eigenvalue weighted by Crippen LogP contribution is -2.39.